The van der Waals surface area contributed by atoms with Gasteiger partial charge in [-0.3, -0.25) is 0 Å². The number of benzene rings is 1. The van der Waals surface area contributed by atoms with E-state index in [-0.39, 0.29) is 66.2 Å². The van der Waals surface area contributed by atoms with Crippen molar-refractivity contribution in [3.05, 3.63) is 84.5 Å². The zero-order chi connectivity index (χ0) is 80.6. The predicted molar refractivity (Wildman–Crippen MR) is 284 cm³/mol. The van der Waals surface area contributed by atoms with Gasteiger partial charge in [-0.15, -0.1) is 0 Å². The van der Waals surface area contributed by atoms with Crippen LogP contribution in [0.25, 0.3) is 0 Å². The number of aliphatic hydroxyl groups is 3. The van der Waals surface area contributed by atoms with Crippen LogP contribution in [0, 0.1) is 5.41 Å². The molecular formula is C58H64F32O11. The average molecular weight is 1550 g/mol. The minimum absolute atomic E-state index is 0.00423. The molecule has 3 rings (SSSR count). The molecule has 3 N–H and O–H groups in total. The van der Waals surface area contributed by atoms with Crippen molar-refractivity contribution in [1.29, 1.82) is 0 Å². The Morgan fingerprint density at radius 2 is 0.782 bits per heavy atom. The van der Waals surface area contributed by atoms with E-state index in [0.717, 1.165) is 24.3 Å². The van der Waals surface area contributed by atoms with Crippen molar-refractivity contribution in [1.82, 2.24) is 0 Å². The molecule has 0 amide bonds. The molecule has 0 aromatic heterocycles. The van der Waals surface area contributed by atoms with Gasteiger partial charge >= 0.3 is 97.0 Å². The third kappa shape index (κ3) is 21.9. The maximum atomic E-state index is 15.5. The van der Waals surface area contributed by atoms with Crippen LogP contribution in [0.5, 0.6) is 0 Å². The highest BCUT2D eigenvalue weighted by atomic mass is 19.4. The Morgan fingerprint density at radius 3 is 1.09 bits per heavy atom. The summed E-state index contributed by atoms with van der Waals surface area (Å²) in [6.45, 7) is 11.5. The lowest BCUT2D eigenvalue weighted by atomic mass is 9.66. The summed E-state index contributed by atoms with van der Waals surface area (Å²) in [6.07, 6.45) is -54.2. The zero-order valence-electron chi connectivity index (χ0n) is 53.0. The Morgan fingerprint density at radius 1 is 0.455 bits per heavy atom. The van der Waals surface area contributed by atoms with E-state index in [1.807, 2.05) is 0 Å². The number of rotatable bonds is 21. The molecule has 0 saturated heterocycles. The molecule has 586 valence electrons. The molecule has 101 heavy (non-hydrogen) atoms. The second-order valence-electron chi connectivity index (χ2n) is 23.7. The summed E-state index contributed by atoms with van der Waals surface area (Å²) in [7, 11) is 0. The van der Waals surface area contributed by atoms with Crippen molar-refractivity contribution in [3.8, 4) is 0 Å². The Balaban J connectivity index is 0.00000133. The molecule has 1 aromatic carbocycles. The molecule has 2 aliphatic carbocycles. The van der Waals surface area contributed by atoms with Crippen LogP contribution in [0.4, 0.5) is 140 Å². The minimum atomic E-state index is -5.83. The zero-order valence-corrected chi connectivity index (χ0v) is 53.0. The number of aliphatic hydroxyl groups excluding tert-OH is 1. The summed E-state index contributed by atoms with van der Waals surface area (Å²) in [6, 6.07) is 5.02. The van der Waals surface area contributed by atoms with Crippen LogP contribution in [0.15, 0.2) is 78.9 Å². The SMILES string of the molecule is C=C(C(=O)OC(C)(C)C(F)(F)C(C)(O)C(F)(F)F)C(F)(F)F.C=C(C(=O)OC(c1ccccc1)C(F)(F)C(O)C(F)(F)F)C(F)(F)F.C=C(C(=O)OC1(C(F)(F)C(C)(CCCCC)C(F)(F)F)CCCCC1)C(F)(F)F.C=C(C(=O)OC1(C(F)(F)C(C)(O)C(F)(F)F)CCCCC1)C(F)(F)F. The van der Waals surface area contributed by atoms with Crippen LogP contribution < -0.4 is 0 Å². The Labute approximate surface area is 551 Å². The molecule has 2 fully saturated rings. The van der Waals surface area contributed by atoms with Gasteiger partial charge in [0.25, 0.3) is 0 Å². The lowest BCUT2D eigenvalue weighted by Gasteiger charge is -2.50. The normalized spacial score (nSPS) is 18.5. The largest absolute Gasteiger partial charge is 0.450 e. The summed E-state index contributed by atoms with van der Waals surface area (Å²) in [4.78, 5) is 45.9. The Kier molecular flexibility index (Phi) is 30.4. The van der Waals surface area contributed by atoms with E-state index in [0.29, 0.717) is 26.2 Å². The number of alkyl halides is 32. The van der Waals surface area contributed by atoms with Gasteiger partial charge < -0.3 is 34.3 Å². The lowest BCUT2D eigenvalue weighted by Crippen LogP contribution is -2.68. The van der Waals surface area contributed by atoms with Gasteiger partial charge in [0, 0.05) is 0 Å². The smallest absolute Gasteiger partial charge is 0.423 e. The van der Waals surface area contributed by atoms with Gasteiger partial charge in [-0.05, 0) is 98.0 Å². The number of hydrogen-bond donors (Lipinski definition) is 3. The van der Waals surface area contributed by atoms with Crippen molar-refractivity contribution in [2.75, 3.05) is 0 Å². The summed E-state index contributed by atoms with van der Waals surface area (Å²) in [5.41, 5.74) is -31.7. The van der Waals surface area contributed by atoms with Crippen LogP contribution in [-0.4, -0.2) is 146 Å². The van der Waals surface area contributed by atoms with Gasteiger partial charge in [-0.2, -0.15) is 132 Å². The van der Waals surface area contributed by atoms with E-state index < -0.39 is 203 Å². The first-order valence-corrected chi connectivity index (χ1v) is 28.4. The molecule has 2 saturated carbocycles. The molecule has 1 aromatic rings. The summed E-state index contributed by atoms with van der Waals surface area (Å²) < 4.78 is 437. The fourth-order valence-corrected chi connectivity index (χ4v) is 9.13. The van der Waals surface area contributed by atoms with Crippen molar-refractivity contribution < 1.29 is 194 Å². The van der Waals surface area contributed by atoms with Gasteiger partial charge in [0.05, 0.1) is 0 Å². The summed E-state index contributed by atoms with van der Waals surface area (Å²) in [5, 5.41) is 27.3. The number of carbonyl (C=O) groups excluding carboxylic acids is 4. The Hall–Kier alpha value is -6.30. The maximum absolute atomic E-state index is 15.5. The molecule has 5 unspecified atom stereocenters. The van der Waals surface area contributed by atoms with Crippen molar-refractivity contribution >= 4 is 23.9 Å². The monoisotopic (exact) mass is 1540 g/mol. The highest BCUT2D eigenvalue weighted by Gasteiger charge is 2.77. The minimum Gasteiger partial charge on any atom is -0.450 e. The number of halogens is 32. The van der Waals surface area contributed by atoms with Crippen LogP contribution >= 0.6 is 0 Å². The van der Waals surface area contributed by atoms with E-state index >= 15 is 8.78 Å². The second kappa shape index (κ2) is 32.4. The van der Waals surface area contributed by atoms with Gasteiger partial charge in [0.1, 0.15) is 27.7 Å². The number of esters is 4. The second-order valence-corrected chi connectivity index (χ2v) is 23.7. The molecule has 5 atom stereocenters. The summed E-state index contributed by atoms with van der Waals surface area (Å²) in [5.74, 6) is -29.3. The molecule has 11 nitrogen and oxygen atoms in total. The van der Waals surface area contributed by atoms with Crippen LogP contribution in [-0.2, 0) is 38.1 Å². The van der Waals surface area contributed by atoms with Crippen molar-refractivity contribution in [2.24, 2.45) is 5.41 Å². The summed E-state index contributed by atoms with van der Waals surface area (Å²) >= 11 is 0. The van der Waals surface area contributed by atoms with E-state index in [4.69, 9.17) is 10.2 Å². The first-order valence-electron chi connectivity index (χ1n) is 28.4. The topological polar surface area (TPSA) is 166 Å². The van der Waals surface area contributed by atoms with Gasteiger partial charge in [0.15, 0.2) is 22.9 Å². The van der Waals surface area contributed by atoms with E-state index in [2.05, 4.69) is 45.3 Å². The molecule has 0 heterocycles. The lowest BCUT2D eigenvalue weighted by molar-refractivity contribution is -0.365. The van der Waals surface area contributed by atoms with Crippen molar-refractivity contribution in [2.45, 2.75) is 245 Å². The molecule has 43 heteroatoms. The third-order valence-electron chi connectivity index (χ3n) is 15.8. The highest BCUT2D eigenvalue weighted by molar-refractivity contribution is 5.91. The van der Waals surface area contributed by atoms with E-state index in [1.165, 1.54) is 6.07 Å². The molecule has 0 aliphatic heterocycles. The quantitative estimate of drug-likeness (QED) is 0.0353. The molecule has 0 radical (unpaired) electrons. The van der Waals surface area contributed by atoms with E-state index in [9.17, 15) is 156 Å². The predicted octanol–water partition coefficient (Wildman–Crippen LogP) is 18.8. The fraction of sp³-hybridized carbons (Fsp3) is 0.690. The first kappa shape index (κ1) is 94.7. The molecule has 2 aliphatic rings. The van der Waals surface area contributed by atoms with Gasteiger partial charge in [-0.1, -0.05) is 95.7 Å². The highest BCUT2D eigenvalue weighted by Crippen LogP contribution is 2.61. The molecular weight excluding hydrogens is 1480 g/mol. The Bertz CT molecular complexity index is 2990. The standard InChI is InChI=1S/C19H26F8O2.C14H16F8O3.C14H10F8O3.C11H12F8O3/c1-4-5-7-10-15(3,19(25,26)27)18(23,24)16(11-8-6-9-12-16)29-14(28)13(2)17(20,21)22;1-8(12(15,16)17)9(23)25-11(6-4-3-5-7-11)13(18,19)10(2,24)14(20,21)22;1-7(13(17,18)19)10(23)25-9(8-5-3-2-4-6-8)12(15,16)11(24)14(20,21)22;1-5(9(12,13)14)6(20)22-7(2,3)10(15,16)8(4,21)11(17,18)19/h2,4-12H2,1,3H3;24H,1,3-7H2,2H3;2-6,9,11,24H,1H2;21H,1H2,2-4H3. The number of carbonyl (C=O) groups is 4. The third-order valence-corrected chi connectivity index (χ3v) is 15.8. The van der Waals surface area contributed by atoms with Crippen molar-refractivity contribution in [3.63, 3.8) is 0 Å². The average Bonchev–Trinajstić information content (AvgIpc) is 0.731. The fourth-order valence-electron chi connectivity index (χ4n) is 9.13. The van der Waals surface area contributed by atoms with Gasteiger partial charge in [-0.25, -0.2) is 28.0 Å². The van der Waals surface area contributed by atoms with Crippen LogP contribution in [0.1, 0.15) is 143 Å². The number of unbranched alkanes of at least 4 members (excludes halogenated alkanes) is 2. The maximum Gasteiger partial charge on any atom is 0.423 e. The molecule has 0 spiro atoms. The number of ether oxygens (including phenoxy) is 4. The van der Waals surface area contributed by atoms with Crippen LogP contribution in [0.2, 0.25) is 0 Å². The molecule has 0 bridgehead atoms. The number of hydrogen-bond acceptors (Lipinski definition) is 11. The first-order chi connectivity index (χ1) is 44.5. The van der Waals surface area contributed by atoms with Crippen LogP contribution in [0.3, 0.4) is 0 Å². The van der Waals surface area contributed by atoms with Gasteiger partial charge in [0.2, 0.25) is 17.3 Å². The van der Waals surface area contributed by atoms with E-state index in [1.54, 1.807) is 6.92 Å².